The van der Waals surface area contributed by atoms with Crippen LogP contribution in [0.4, 0.5) is 0 Å². The van der Waals surface area contributed by atoms with E-state index in [0.29, 0.717) is 17.9 Å². The molecule has 0 bridgehead atoms. The second-order valence-electron chi connectivity index (χ2n) is 5.47. The summed E-state index contributed by atoms with van der Waals surface area (Å²) in [6.45, 7) is 1.43. The minimum atomic E-state index is -0.101. The Bertz CT molecular complexity index is 621. The van der Waals surface area contributed by atoms with Crippen molar-refractivity contribution in [3.05, 3.63) is 65.2 Å². The van der Waals surface area contributed by atoms with E-state index in [9.17, 15) is 4.79 Å². The van der Waals surface area contributed by atoms with Crippen LogP contribution in [0, 0.1) is 0 Å². The van der Waals surface area contributed by atoms with Crippen molar-refractivity contribution in [2.45, 2.75) is 13.1 Å². The molecule has 0 atom stereocenters. The maximum atomic E-state index is 12.1. The smallest absolute Gasteiger partial charge is 0.251 e. The largest absolute Gasteiger partial charge is 0.497 e. The van der Waals surface area contributed by atoms with Gasteiger partial charge < -0.3 is 15.0 Å². The first-order chi connectivity index (χ1) is 10.6. The summed E-state index contributed by atoms with van der Waals surface area (Å²) in [7, 11) is 5.68. The van der Waals surface area contributed by atoms with Gasteiger partial charge in [0.15, 0.2) is 0 Å². The molecule has 0 radical (unpaired) electrons. The Balaban J connectivity index is 1.93. The van der Waals surface area contributed by atoms with Gasteiger partial charge in [0.1, 0.15) is 5.75 Å². The van der Waals surface area contributed by atoms with Crippen molar-refractivity contribution < 1.29 is 9.53 Å². The predicted molar refractivity (Wildman–Crippen MR) is 88.0 cm³/mol. The molecule has 0 aliphatic heterocycles. The fourth-order valence-corrected chi connectivity index (χ4v) is 2.18. The number of amides is 1. The van der Waals surface area contributed by atoms with E-state index in [0.717, 1.165) is 12.1 Å². The lowest BCUT2D eigenvalue weighted by Gasteiger charge is -2.10. The Kier molecular flexibility index (Phi) is 5.55. The van der Waals surface area contributed by atoms with Crippen molar-refractivity contribution in [3.63, 3.8) is 0 Å². The highest BCUT2D eigenvalue weighted by molar-refractivity contribution is 5.94. The van der Waals surface area contributed by atoms with Crippen molar-refractivity contribution >= 4 is 5.91 Å². The predicted octanol–water partition coefficient (Wildman–Crippen LogP) is 2.69. The zero-order chi connectivity index (χ0) is 15.9. The quantitative estimate of drug-likeness (QED) is 0.891. The molecule has 0 saturated heterocycles. The van der Waals surface area contributed by atoms with Gasteiger partial charge in [0.05, 0.1) is 7.11 Å². The molecule has 0 aliphatic rings. The van der Waals surface area contributed by atoms with Crippen molar-refractivity contribution in [2.24, 2.45) is 0 Å². The molecular weight excluding hydrogens is 276 g/mol. The lowest BCUT2D eigenvalue weighted by Crippen LogP contribution is -2.22. The maximum Gasteiger partial charge on any atom is 0.251 e. The summed E-state index contributed by atoms with van der Waals surface area (Å²) in [6.07, 6.45) is 0. The lowest BCUT2D eigenvalue weighted by atomic mass is 10.1. The van der Waals surface area contributed by atoms with Crippen LogP contribution in [-0.4, -0.2) is 32.0 Å². The molecule has 1 amide bonds. The van der Waals surface area contributed by atoms with E-state index in [1.54, 1.807) is 19.2 Å². The Morgan fingerprint density at radius 2 is 1.77 bits per heavy atom. The molecule has 4 heteroatoms. The molecular formula is C18H22N2O2. The highest BCUT2D eigenvalue weighted by Crippen LogP contribution is 2.12. The normalized spacial score (nSPS) is 10.5. The van der Waals surface area contributed by atoms with Crippen molar-refractivity contribution in [2.75, 3.05) is 21.2 Å². The van der Waals surface area contributed by atoms with Crippen LogP contribution in [-0.2, 0) is 13.1 Å². The third-order valence-corrected chi connectivity index (χ3v) is 3.31. The van der Waals surface area contributed by atoms with Crippen molar-refractivity contribution in [1.29, 1.82) is 0 Å². The minimum Gasteiger partial charge on any atom is -0.497 e. The van der Waals surface area contributed by atoms with Gasteiger partial charge in [0.2, 0.25) is 0 Å². The van der Waals surface area contributed by atoms with Crippen LogP contribution in [0.3, 0.4) is 0 Å². The summed E-state index contributed by atoms with van der Waals surface area (Å²) < 4.78 is 5.13. The number of carbonyl (C=O) groups excluding carboxylic acids is 1. The number of methoxy groups -OCH3 is 1. The average Bonchev–Trinajstić information content (AvgIpc) is 2.53. The van der Waals surface area contributed by atoms with Crippen LogP contribution in [0.1, 0.15) is 21.5 Å². The van der Waals surface area contributed by atoms with Crippen LogP contribution in [0.15, 0.2) is 48.5 Å². The molecule has 1 N–H and O–H groups in total. The van der Waals surface area contributed by atoms with Gasteiger partial charge in [-0.15, -0.1) is 0 Å². The summed E-state index contributed by atoms with van der Waals surface area (Å²) in [4.78, 5) is 14.2. The zero-order valence-electron chi connectivity index (χ0n) is 13.3. The summed E-state index contributed by atoms with van der Waals surface area (Å²) >= 11 is 0. The van der Waals surface area contributed by atoms with E-state index in [1.807, 2.05) is 38.4 Å². The Labute approximate surface area is 131 Å². The van der Waals surface area contributed by atoms with E-state index in [1.165, 1.54) is 5.56 Å². The fourth-order valence-electron chi connectivity index (χ4n) is 2.18. The van der Waals surface area contributed by atoms with E-state index >= 15 is 0 Å². The molecule has 2 aromatic rings. The van der Waals surface area contributed by atoms with Crippen LogP contribution in [0.25, 0.3) is 0 Å². The SMILES string of the molecule is COc1cccc(C(=O)NCc2ccc(CN(C)C)cc2)c1. The third-order valence-electron chi connectivity index (χ3n) is 3.31. The summed E-state index contributed by atoms with van der Waals surface area (Å²) in [5, 5.41) is 2.92. The molecule has 22 heavy (non-hydrogen) atoms. The third kappa shape index (κ3) is 4.60. The first-order valence-corrected chi connectivity index (χ1v) is 7.23. The molecule has 0 unspecified atom stereocenters. The van der Waals surface area contributed by atoms with Gasteiger partial charge in [0, 0.05) is 18.7 Å². The van der Waals surface area contributed by atoms with Gasteiger partial charge in [0.25, 0.3) is 5.91 Å². The summed E-state index contributed by atoms with van der Waals surface area (Å²) in [5.41, 5.74) is 2.94. The van der Waals surface area contributed by atoms with Gasteiger partial charge in [-0.1, -0.05) is 30.3 Å². The number of benzene rings is 2. The number of nitrogens with zero attached hydrogens (tertiary/aromatic N) is 1. The van der Waals surface area contributed by atoms with Crippen LogP contribution in [0.2, 0.25) is 0 Å². The van der Waals surface area contributed by atoms with Crippen molar-refractivity contribution in [3.8, 4) is 5.75 Å². The number of carbonyl (C=O) groups is 1. The highest BCUT2D eigenvalue weighted by atomic mass is 16.5. The molecule has 2 rings (SSSR count). The van der Waals surface area contributed by atoms with Crippen LogP contribution >= 0.6 is 0 Å². The van der Waals surface area contributed by atoms with E-state index < -0.39 is 0 Å². The molecule has 0 heterocycles. The number of nitrogens with one attached hydrogen (secondary N) is 1. The first kappa shape index (κ1) is 16.0. The fraction of sp³-hybridized carbons (Fsp3) is 0.278. The molecule has 0 spiro atoms. The van der Waals surface area contributed by atoms with Gasteiger partial charge in [-0.2, -0.15) is 0 Å². The highest BCUT2D eigenvalue weighted by Gasteiger charge is 2.06. The molecule has 0 aliphatic carbocycles. The molecule has 0 fully saturated rings. The number of hydrogen-bond donors (Lipinski definition) is 1. The van der Waals surface area contributed by atoms with Gasteiger partial charge in [-0.3, -0.25) is 4.79 Å². The Hall–Kier alpha value is -2.33. The molecule has 0 aromatic heterocycles. The molecule has 4 nitrogen and oxygen atoms in total. The second-order valence-corrected chi connectivity index (χ2v) is 5.47. The first-order valence-electron chi connectivity index (χ1n) is 7.23. The zero-order valence-corrected chi connectivity index (χ0v) is 13.3. The Morgan fingerprint density at radius 1 is 1.09 bits per heavy atom. The van der Waals surface area contributed by atoms with Gasteiger partial charge >= 0.3 is 0 Å². The van der Waals surface area contributed by atoms with Gasteiger partial charge in [-0.05, 0) is 43.4 Å². The number of hydrogen-bond acceptors (Lipinski definition) is 3. The van der Waals surface area contributed by atoms with Crippen LogP contribution < -0.4 is 10.1 Å². The molecule has 0 saturated carbocycles. The summed E-state index contributed by atoms with van der Waals surface area (Å²) in [6, 6.07) is 15.4. The van der Waals surface area contributed by atoms with Crippen LogP contribution in [0.5, 0.6) is 5.75 Å². The molecule has 116 valence electrons. The maximum absolute atomic E-state index is 12.1. The number of ether oxygens (including phenoxy) is 1. The number of rotatable bonds is 6. The lowest BCUT2D eigenvalue weighted by molar-refractivity contribution is 0.0950. The van der Waals surface area contributed by atoms with E-state index in [-0.39, 0.29) is 5.91 Å². The minimum absolute atomic E-state index is 0.101. The standard InChI is InChI=1S/C18H22N2O2/c1-20(2)13-15-9-7-14(8-10-15)12-19-18(21)16-5-4-6-17(11-16)22-3/h4-11H,12-13H2,1-3H3,(H,19,21). The topological polar surface area (TPSA) is 41.6 Å². The van der Waals surface area contributed by atoms with E-state index in [4.69, 9.17) is 4.74 Å². The Morgan fingerprint density at radius 3 is 2.41 bits per heavy atom. The van der Waals surface area contributed by atoms with Crippen molar-refractivity contribution in [1.82, 2.24) is 10.2 Å². The van der Waals surface area contributed by atoms with Gasteiger partial charge in [-0.25, -0.2) is 0 Å². The average molecular weight is 298 g/mol. The van der Waals surface area contributed by atoms with E-state index in [2.05, 4.69) is 22.3 Å². The summed E-state index contributed by atoms with van der Waals surface area (Å²) in [5.74, 6) is 0.581. The monoisotopic (exact) mass is 298 g/mol. The molecule has 2 aromatic carbocycles. The second kappa shape index (κ2) is 7.61.